The summed E-state index contributed by atoms with van der Waals surface area (Å²) in [5.74, 6) is 0.928. The summed E-state index contributed by atoms with van der Waals surface area (Å²) in [6.07, 6.45) is 9.74. The Hall–Kier alpha value is -0.900. The third-order valence-corrected chi connectivity index (χ3v) is 3.05. The van der Waals surface area contributed by atoms with Gasteiger partial charge in [-0.3, -0.25) is 0 Å². The van der Waals surface area contributed by atoms with Gasteiger partial charge in [0.25, 0.3) is 0 Å². The molecule has 0 saturated heterocycles. The molecule has 1 saturated carbocycles. The monoisotopic (exact) mass is 194 g/mol. The lowest BCUT2D eigenvalue weighted by molar-refractivity contribution is 0.429. The van der Waals surface area contributed by atoms with Crippen molar-refractivity contribution < 1.29 is 0 Å². The zero-order valence-electron chi connectivity index (χ0n) is 8.52. The normalized spacial score (nSPS) is 19.5. The molecule has 1 aromatic rings. The molecule has 0 spiro atoms. The van der Waals surface area contributed by atoms with Crippen LogP contribution in [0.2, 0.25) is 0 Å². The number of rotatable bonds is 2. The molecule has 4 nitrogen and oxygen atoms in total. The minimum absolute atomic E-state index is 0.497. The van der Waals surface area contributed by atoms with E-state index >= 15 is 0 Å². The molecule has 2 N–H and O–H groups in total. The van der Waals surface area contributed by atoms with Gasteiger partial charge in [-0.2, -0.15) is 0 Å². The van der Waals surface area contributed by atoms with Crippen LogP contribution in [-0.4, -0.2) is 14.8 Å². The Bertz CT molecular complexity index is 273. The summed E-state index contributed by atoms with van der Waals surface area (Å²) in [6.45, 7) is 0.497. The molecule has 1 heterocycles. The van der Waals surface area contributed by atoms with Crippen molar-refractivity contribution >= 4 is 0 Å². The Morgan fingerprint density at radius 1 is 1.29 bits per heavy atom. The van der Waals surface area contributed by atoms with Crippen LogP contribution in [0.3, 0.4) is 0 Å². The van der Waals surface area contributed by atoms with Gasteiger partial charge >= 0.3 is 0 Å². The summed E-state index contributed by atoms with van der Waals surface area (Å²) < 4.78 is 2.17. The molecular formula is C10H18N4. The first-order valence-corrected chi connectivity index (χ1v) is 5.50. The van der Waals surface area contributed by atoms with Gasteiger partial charge < -0.3 is 10.3 Å². The molecule has 0 aromatic carbocycles. The number of hydrogen-bond donors (Lipinski definition) is 1. The van der Waals surface area contributed by atoms with Crippen molar-refractivity contribution in [2.24, 2.45) is 5.73 Å². The maximum absolute atomic E-state index is 5.62. The largest absolute Gasteiger partial charge is 0.324 e. The predicted octanol–water partition coefficient (Wildman–Crippen LogP) is 1.63. The number of hydrogen-bond acceptors (Lipinski definition) is 3. The molecule has 1 aromatic heterocycles. The highest BCUT2D eigenvalue weighted by molar-refractivity contribution is 4.88. The highest BCUT2D eigenvalue weighted by Gasteiger charge is 2.16. The van der Waals surface area contributed by atoms with E-state index in [1.807, 2.05) is 6.33 Å². The molecular weight excluding hydrogens is 176 g/mol. The summed E-state index contributed by atoms with van der Waals surface area (Å²) >= 11 is 0. The zero-order valence-corrected chi connectivity index (χ0v) is 8.52. The van der Waals surface area contributed by atoms with Gasteiger partial charge in [-0.1, -0.05) is 25.7 Å². The molecule has 0 radical (unpaired) electrons. The van der Waals surface area contributed by atoms with E-state index in [2.05, 4.69) is 14.8 Å². The van der Waals surface area contributed by atoms with Crippen LogP contribution in [0.15, 0.2) is 6.33 Å². The van der Waals surface area contributed by atoms with Gasteiger partial charge in [-0.05, 0) is 12.8 Å². The van der Waals surface area contributed by atoms with E-state index < -0.39 is 0 Å². The van der Waals surface area contributed by atoms with E-state index in [0.29, 0.717) is 12.6 Å². The second kappa shape index (κ2) is 4.55. The fourth-order valence-corrected chi connectivity index (χ4v) is 2.25. The van der Waals surface area contributed by atoms with Crippen molar-refractivity contribution in [3.05, 3.63) is 12.2 Å². The Labute approximate surface area is 84.5 Å². The first-order valence-electron chi connectivity index (χ1n) is 5.50. The lowest BCUT2D eigenvalue weighted by atomic mass is 10.1. The van der Waals surface area contributed by atoms with Crippen molar-refractivity contribution in [3.63, 3.8) is 0 Å². The first-order chi connectivity index (χ1) is 6.92. The minimum atomic E-state index is 0.497. The van der Waals surface area contributed by atoms with Crippen molar-refractivity contribution in [1.82, 2.24) is 14.8 Å². The van der Waals surface area contributed by atoms with Gasteiger partial charge in [-0.25, -0.2) is 0 Å². The predicted molar refractivity (Wildman–Crippen MR) is 54.7 cm³/mol. The number of nitrogens with two attached hydrogens (primary N) is 1. The summed E-state index contributed by atoms with van der Waals surface area (Å²) in [5.41, 5.74) is 5.62. The molecule has 1 aliphatic rings. The van der Waals surface area contributed by atoms with Gasteiger partial charge in [0, 0.05) is 6.04 Å². The van der Waals surface area contributed by atoms with Crippen LogP contribution in [-0.2, 0) is 6.54 Å². The minimum Gasteiger partial charge on any atom is -0.324 e. The second-order valence-corrected chi connectivity index (χ2v) is 4.00. The van der Waals surface area contributed by atoms with Gasteiger partial charge in [-0.15, -0.1) is 10.2 Å². The topological polar surface area (TPSA) is 56.7 Å². The summed E-state index contributed by atoms with van der Waals surface area (Å²) in [6, 6.07) is 0.589. The average Bonchev–Trinajstić information content (AvgIpc) is 2.52. The smallest absolute Gasteiger partial charge is 0.146 e. The van der Waals surface area contributed by atoms with Crippen molar-refractivity contribution in [3.8, 4) is 0 Å². The fraction of sp³-hybridized carbons (Fsp3) is 0.800. The van der Waals surface area contributed by atoms with Crippen molar-refractivity contribution in [1.29, 1.82) is 0 Å². The van der Waals surface area contributed by atoms with E-state index in [4.69, 9.17) is 5.73 Å². The lowest BCUT2D eigenvalue weighted by Crippen LogP contribution is -2.13. The third-order valence-electron chi connectivity index (χ3n) is 3.05. The van der Waals surface area contributed by atoms with Crippen LogP contribution in [0, 0.1) is 0 Å². The standard InChI is InChI=1S/C10H18N4/c11-7-10-13-12-8-14(10)9-5-3-1-2-4-6-9/h8-9H,1-7,11H2. The van der Waals surface area contributed by atoms with Gasteiger partial charge in [0.05, 0.1) is 6.54 Å². The van der Waals surface area contributed by atoms with Crippen molar-refractivity contribution in [2.45, 2.75) is 51.1 Å². The lowest BCUT2D eigenvalue weighted by Gasteiger charge is -2.16. The Balaban J connectivity index is 2.11. The van der Waals surface area contributed by atoms with Crippen LogP contribution >= 0.6 is 0 Å². The van der Waals surface area contributed by atoms with Gasteiger partial charge in [0.15, 0.2) is 0 Å². The molecule has 78 valence electrons. The molecule has 4 heteroatoms. The Kier molecular flexibility index (Phi) is 3.14. The quantitative estimate of drug-likeness (QED) is 0.728. The van der Waals surface area contributed by atoms with Crippen LogP contribution in [0.1, 0.15) is 50.4 Å². The van der Waals surface area contributed by atoms with Crippen LogP contribution < -0.4 is 5.73 Å². The number of aromatic nitrogens is 3. The Morgan fingerprint density at radius 3 is 2.64 bits per heavy atom. The molecule has 0 atom stereocenters. The third kappa shape index (κ3) is 1.95. The van der Waals surface area contributed by atoms with Crippen LogP contribution in [0.25, 0.3) is 0 Å². The van der Waals surface area contributed by atoms with E-state index in [9.17, 15) is 0 Å². The van der Waals surface area contributed by atoms with Gasteiger partial charge in [0.2, 0.25) is 0 Å². The fourth-order valence-electron chi connectivity index (χ4n) is 2.25. The van der Waals surface area contributed by atoms with Crippen molar-refractivity contribution in [2.75, 3.05) is 0 Å². The summed E-state index contributed by atoms with van der Waals surface area (Å²) in [5, 5.41) is 7.96. The van der Waals surface area contributed by atoms with E-state index in [0.717, 1.165) is 5.82 Å². The molecule has 0 unspecified atom stereocenters. The van der Waals surface area contributed by atoms with E-state index in [1.54, 1.807) is 0 Å². The van der Waals surface area contributed by atoms with E-state index in [-0.39, 0.29) is 0 Å². The first kappa shape index (κ1) is 9.65. The zero-order chi connectivity index (χ0) is 9.80. The Morgan fingerprint density at radius 2 is 2.00 bits per heavy atom. The summed E-state index contributed by atoms with van der Waals surface area (Å²) in [4.78, 5) is 0. The van der Waals surface area contributed by atoms with Gasteiger partial charge in [0.1, 0.15) is 12.2 Å². The molecule has 2 rings (SSSR count). The maximum Gasteiger partial charge on any atom is 0.146 e. The molecule has 0 bridgehead atoms. The molecule has 1 aliphatic carbocycles. The van der Waals surface area contributed by atoms with Crippen LogP contribution in [0.5, 0.6) is 0 Å². The summed E-state index contributed by atoms with van der Waals surface area (Å²) in [7, 11) is 0. The number of nitrogens with zero attached hydrogens (tertiary/aromatic N) is 3. The van der Waals surface area contributed by atoms with E-state index in [1.165, 1.54) is 38.5 Å². The molecule has 1 fully saturated rings. The van der Waals surface area contributed by atoms with Crippen LogP contribution in [0.4, 0.5) is 0 Å². The molecule has 0 aliphatic heterocycles. The maximum atomic E-state index is 5.62. The highest BCUT2D eigenvalue weighted by Crippen LogP contribution is 2.27. The average molecular weight is 194 g/mol. The second-order valence-electron chi connectivity index (χ2n) is 4.00. The SMILES string of the molecule is NCc1nncn1C1CCCCCC1. The molecule has 14 heavy (non-hydrogen) atoms. The molecule has 0 amide bonds. The highest BCUT2D eigenvalue weighted by atomic mass is 15.3.